The first kappa shape index (κ1) is 91.2. The first-order chi connectivity index (χ1) is 47.8. The van der Waals surface area contributed by atoms with E-state index in [9.17, 15) is 74.9 Å². The minimum Gasteiger partial charge on any atom is -0.463 e. The number of aliphatic hydroxyl groups is 10. The zero-order valence-electron chi connectivity index (χ0n) is 61.1. The van der Waals surface area contributed by atoms with Crippen molar-refractivity contribution in [3.05, 3.63) is 0 Å². The van der Waals surface area contributed by atoms with E-state index >= 15 is 0 Å². The summed E-state index contributed by atoms with van der Waals surface area (Å²) in [4.78, 5) is 51.1. The van der Waals surface area contributed by atoms with Crippen LogP contribution >= 0.6 is 7.82 Å². The number of hydrogen-bond acceptors (Lipinski definition) is 23. The summed E-state index contributed by atoms with van der Waals surface area (Å²) in [6.07, 6.45) is 14.4. The Bertz CT molecular complexity index is 2050. The van der Waals surface area contributed by atoms with E-state index in [4.69, 9.17) is 42.2 Å². The van der Waals surface area contributed by atoms with Gasteiger partial charge in [-0.2, -0.15) is 0 Å². The minimum atomic E-state index is -5.69. The fourth-order valence-electron chi connectivity index (χ4n) is 13.2. The number of phosphoric ester groups is 1. The molecule has 3 fully saturated rings. The molecule has 0 radical (unpaired) electrons. The summed E-state index contributed by atoms with van der Waals surface area (Å²) < 4.78 is 65.1. The summed E-state index contributed by atoms with van der Waals surface area (Å²) in [5.41, 5.74) is 0. The first-order valence-corrected chi connectivity index (χ1v) is 40.8. The third-order valence-electron chi connectivity index (χ3n) is 19.6. The van der Waals surface area contributed by atoms with Gasteiger partial charge in [-0.15, -0.1) is 0 Å². The standard InChI is InChI=1S/C74H139O24P/c1-4-7-10-13-16-19-22-25-27-28-29-32-34-36-39-42-45-48-58(76)90-52-55(93-60(78)50-47-44-41-38-35-30-24-21-18-15-12-9-6-3)53-92-99(88,89)98-72-70(96-73-68(86)63(81)61(79)56(51-75)94-73)66(84)65(83)67(85)71(72)97-74-69(87)64(82)62(80)57(95-74)54-91-59(77)49-46-43-40-37-33-31-26-23-20-17-14-11-8-5-2/h55-57,61-75,79-87H,4-54H2,1-3H3,(H,88,89). The molecule has 1 aliphatic carbocycles. The van der Waals surface area contributed by atoms with E-state index in [1.807, 2.05) is 0 Å². The lowest BCUT2D eigenvalue weighted by Gasteiger charge is -2.49. The van der Waals surface area contributed by atoms with Crippen LogP contribution in [0.3, 0.4) is 0 Å². The van der Waals surface area contributed by atoms with E-state index in [1.54, 1.807) is 0 Å². The molecule has 0 amide bonds. The quantitative estimate of drug-likeness (QED) is 0.0117. The number of ether oxygens (including phenoxy) is 7. The topological polar surface area (TPSA) is 374 Å². The predicted octanol–water partition coefficient (Wildman–Crippen LogP) is 11.4. The fourth-order valence-corrected chi connectivity index (χ4v) is 14.2. The molecule has 2 aliphatic heterocycles. The third-order valence-corrected chi connectivity index (χ3v) is 20.6. The summed E-state index contributed by atoms with van der Waals surface area (Å²) in [5, 5.41) is 110. The van der Waals surface area contributed by atoms with E-state index in [1.165, 1.54) is 173 Å². The normalized spacial score (nSPS) is 27.4. The predicted molar refractivity (Wildman–Crippen MR) is 375 cm³/mol. The lowest BCUT2D eigenvalue weighted by molar-refractivity contribution is -0.360. The molecule has 0 aromatic carbocycles. The molecule has 2 saturated heterocycles. The molecular weight excluding hydrogens is 1300 g/mol. The molecule has 3 rings (SSSR count). The molecular formula is C74H139O24P. The Morgan fingerprint density at radius 2 is 0.646 bits per heavy atom. The number of aliphatic hydroxyl groups excluding tert-OH is 10. The van der Waals surface area contributed by atoms with Crippen LogP contribution in [0.1, 0.15) is 323 Å². The highest BCUT2D eigenvalue weighted by Gasteiger charge is 2.58. The molecule has 99 heavy (non-hydrogen) atoms. The van der Waals surface area contributed by atoms with Crippen molar-refractivity contribution in [2.45, 2.75) is 427 Å². The molecule has 1 saturated carbocycles. The van der Waals surface area contributed by atoms with Gasteiger partial charge in [-0.25, -0.2) is 4.57 Å². The zero-order valence-corrected chi connectivity index (χ0v) is 61.9. The second kappa shape index (κ2) is 56.3. The molecule has 0 bridgehead atoms. The maximum absolute atomic E-state index is 14.3. The van der Waals surface area contributed by atoms with Gasteiger partial charge in [0, 0.05) is 19.3 Å². The Kier molecular flexibility index (Phi) is 51.9. The van der Waals surface area contributed by atoms with Gasteiger partial charge in [0.2, 0.25) is 0 Å². The number of carbonyl (C=O) groups excluding carboxylic acids is 3. The molecule has 0 spiro atoms. The average molecular weight is 1440 g/mol. The minimum absolute atomic E-state index is 0.0332. The number of carbonyl (C=O) groups is 3. The van der Waals surface area contributed by atoms with Crippen molar-refractivity contribution < 1.29 is 117 Å². The highest BCUT2D eigenvalue weighted by Crippen LogP contribution is 2.49. The Balaban J connectivity index is 1.71. The van der Waals surface area contributed by atoms with Gasteiger partial charge >= 0.3 is 25.7 Å². The number of phosphoric acid groups is 1. The summed E-state index contributed by atoms with van der Waals surface area (Å²) in [7, 11) is -5.69. The SMILES string of the molecule is CCCCCCCCCCCCCCCCCCCC(=O)OCC(COP(=O)(O)OC1C(OC2OC(CO)C(O)C(O)C2O)C(O)C(O)C(O)C1OC1OC(COC(=O)CCCCCCCCCCCCCCCC)C(O)C(O)C1O)OC(=O)CCCCCCCCCCCCCCC. The summed E-state index contributed by atoms with van der Waals surface area (Å²) in [5.74, 6) is -1.97. The smallest absolute Gasteiger partial charge is 0.463 e. The molecule has 24 nitrogen and oxygen atoms in total. The molecule has 0 aromatic heterocycles. The van der Waals surface area contributed by atoms with E-state index < -0.39 is 156 Å². The van der Waals surface area contributed by atoms with Crippen LogP contribution in [0.5, 0.6) is 0 Å². The van der Waals surface area contributed by atoms with Gasteiger partial charge in [0.05, 0.1) is 13.2 Å². The summed E-state index contributed by atoms with van der Waals surface area (Å²) in [6.45, 7) is 3.49. The zero-order chi connectivity index (χ0) is 72.5. The van der Waals surface area contributed by atoms with Crippen LogP contribution in [0.2, 0.25) is 0 Å². The van der Waals surface area contributed by atoms with Crippen LogP contribution in [0.4, 0.5) is 0 Å². The van der Waals surface area contributed by atoms with Crippen LogP contribution in [0, 0.1) is 0 Å². The van der Waals surface area contributed by atoms with E-state index in [0.717, 1.165) is 89.9 Å². The lowest BCUT2D eigenvalue weighted by Crippen LogP contribution is -2.69. The molecule has 11 N–H and O–H groups in total. The van der Waals surface area contributed by atoms with Crippen LogP contribution < -0.4 is 0 Å². The molecule has 18 unspecified atom stereocenters. The van der Waals surface area contributed by atoms with Gasteiger partial charge in [-0.05, 0) is 19.3 Å². The highest BCUT2D eigenvalue weighted by atomic mass is 31.2. The van der Waals surface area contributed by atoms with Crippen molar-refractivity contribution in [2.24, 2.45) is 0 Å². The van der Waals surface area contributed by atoms with Crippen molar-refractivity contribution in [1.29, 1.82) is 0 Å². The van der Waals surface area contributed by atoms with Gasteiger partial charge in [-0.3, -0.25) is 23.4 Å². The van der Waals surface area contributed by atoms with Gasteiger partial charge < -0.3 is 89.1 Å². The van der Waals surface area contributed by atoms with Crippen LogP contribution in [-0.4, -0.2) is 204 Å². The monoisotopic (exact) mass is 1440 g/mol. The number of esters is 3. The average Bonchev–Trinajstić information content (AvgIpc) is 0.763. The van der Waals surface area contributed by atoms with Gasteiger partial charge in [0.1, 0.15) is 98.7 Å². The second-order valence-corrected chi connectivity index (χ2v) is 29.8. The molecule has 25 heteroatoms. The Hall–Kier alpha value is -2.04. The Morgan fingerprint density at radius 3 is 0.990 bits per heavy atom. The van der Waals surface area contributed by atoms with Crippen molar-refractivity contribution >= 4 is 25.7 Å². The van der Waals surface area contributed by atoms with E-state index in [-0.39, 0.29) is 19.3 Å². The number of unbranched alkanes of at least 4 members (excludes halogenated alkanes) is 41. The van der Waals surface area contributed by atoms with Crippen molar-refractivity contribution in [1.82, 2.24) is 0 Å². The Morgan fingerprint density at radius 1 is 0.354 bits per heavy atom. The number of rotatable bonds is 62. The van der Waals surface area contributed by atoms with Crippen molar-refractivity contribution in [3.8, 4) is 0 Å². The van der Waals surface area contributed by atoms with Crippen LogP contribution in [0.15, 0.2) is 0 Å². The Labute approximate surface area is 593 Å². The lowest BCUT2D eigenvalue weighted by atomic mass is 9.84. The first-order valence-electron chi connectivity index (χ1n) is 39.3. The van der Waals surface area contributed by atoms with E-state index in [2.05, 4.69) is 20.8 Å². The molecule has 2 heterocycles. The summed E-state index contributed by atoms with van der Waals surface area (Å²) >= 11 is 0. The fraction of sp³-hybridized carbons (Fsp3) is 0.959. The molecule has 0 aromatic rings. The second-order valence-electron chi connectivity index (χ2n) is 28.4. The maximum Gasteiger partial charge on any atom is 0.472 e. The van der Waals surface area contributed by atoms with Crippen LogP contribution in [0.25, 0.3) is 0 Å². The van der Waals surface area contributed by atoms with Gasteiger partial charge in [0.25, 0.3) is 0 Å². The largest absolute Gasteiger partial charge is 0.472 e. The molecule has 584 valence electrons. The highest BCUT2D eigenvalue weighted by molar-refractivity contribution is 7.47. The summed E-state index contributed by atoms with van der Waals surface area (Å²) in [6, 6.07) is 0. The van der Waals surface area contributed by atoms with Gasteiger partial charge in [-0.1, -0.05) is 284 Å². The van der Waals surface area contributed by atoms with E-state index in [0.29, 0.717) is 19.3 Å². The van der Waals surface area contributed by atoms with Crippen molar-refractivity contribution in [3.63, 3.8) is 0 Å². The molecule has 3 aliphatic rings. The van der Waals surface area contributed by atoms with Crippen molar-refractivity contribution in [2.75, 3.05) is 26.4 Å². The molecule has 18 atom stereocenters. The maximum atomic E-state index is 14.3. The third kappa shape index (κ3) is 39.2. The number of hydrogen-bond donors (Lipinski definition) is 11. The van der Waals surface area contributed by atoms with Gasteiger partial charge in [0.15, 0.2) is 18.7 Å². The van der Waals surface area contributed by atoms with Crippen LogP contribution in [-0.2, 0) is 61.2 Å².